The Labute approximate surface area is 95.1 Å². The van der Waals surface area contributed by atoms with Crippen LogP contribution in [0.15, 0.2) is 12.7 Å². The molecule has 1 fully saturated rings. The second-order valence-electron chi connectivity index (χ2n) is 3.78. The molecule has 7 nitrogen and oxygen atoms in total. The minimum atomic E-state index is -1.28. The molecule has 17 heavy (non-hydrogen) atoms. The molecular weight excluding hydrogens is 229 g/mol. The summed E-state index contributed by atoms with van der Waals surface area (Å²) in [6.45, 7) is -0.346. The number of ether oxygens (including phenoxy) is 1. The van der Waals surface area contributed by atoms with Gasteiger partial charge >= 0.3 is 0 Å². The summed E-state index contributed by atoms with van der Waals surface area (Å²) >= 11 is 0. The van der Waals surface area contributed by atoms with E-state index in [1.807, 2.05) is 0 Å². The first-order chi connectivity index (χ1) is 8.22. The average molecular weight is 239 g/mol. The highest BCUT2D eigenvalue weighted by Crippen LogP contribution is 2.35. The van der Waals surface area contributed by atoms with Gasteiger partial charge in [-0.3, -0.25) is 4.57 Å². The number of nitrogens with two attached hydrogens (primary N) is 1. The zero-order valence-corrected chi connectivity index (χ0v) is 8.69. The fourth-order valence-corrected chi connectivity index (χ4v) is 1.84. The van der Waals surface area contributed by atoms with Gasteiger partial charge in [-0.25, -0.2) is 19.3 Å². The van der Waals surface area contributed by atoms with Crippen molar-refractivity contribution >= 4 is 17.0 Å². The highest BCUT2D eigenvalue weighted by molar-refractivity contribution is 5.81. The quantitative estimate of drug-likeness (QED) is 0.742. The van der Waals surface area contributed by atoms with E-state index in [4.69, 9.17) is 15.6 Å². The third-order valence-corrected chi connectivity index (χ3v) is 2.78. The number of alkyl halides is 1. The van der Waals surface area contributed by atoms with Gasteiger partial charge in [-0.15, -0.1) is 0 Å². The van der Waals surface area contributed by atoms with E-state index < -0.39 is 18.5 Å². The van der Waals surface area contributed by atoms with Crippen molar-refractivity contribution in [1.29, 1.82) is 0 Å². The third-order valence-electron chi connectivity index (χ3n) is 2.78. The molecule has 0 bridgehead atoms. The van der Waals surface area contributed by atoms with E-state index in [1.54, 1.807) is 0 Å². The first kappa shape index (κ1) is 10.4. The molecule has 2 aromatic heterocycles. The van der Waals surface area contributed by atoms with E-state index in [-0.39, 0.29) is 12.4 Å². The van der Waals surface area contributed by atoms with E-state index in [0.717, 1.165) is 0 Å². The number of anilines is 1. The second-order valence-corrected chi connectivity index (χ2v) is 3.78. The van der Waals surface area contributed by atoms with Crippen molar-refractivity contribution in [3.8, 4) is 0 Å². The Bertz CT molecular complexity index is 559. The molecular formula is C9H10FN5O2. The number of fused-ring (bicyclic) bond motifs is 1. The van der Waals surface area contributed by atoms with Gasteiger partial charge in [-0.05, 0) is 0 Å². The fourth-order valence-electron chi connectivity index (χ4n) is 1.84. The van der Waals surface area contributed by atoms with Crippen LogP contribution in [-0.4, -0.2) is 43.5 Å². The number of hydrogen-bond acceptors (Lipinski definition) is 6. The zero-order chi connectivity index (χ0) is 12.0. The molecule has 1 aliphatic rings. The molecule has 0 spiro atoms. The predicted molar refractivity (Wildman–Crippen MR) is 55.6 cm³/mol. The second kappa shape index (κ2) is 3.60. The van der Waals surface area contributed by atoms with Crippen LogP contribution in [0.1, 0.15) is 6.23 Å². The smallest absolute Gasteiger partial charge is 0.173 e. The van der Waals surface area contributed by atoms with Gasteiger partial charge in [0, 0.05) is 0 Å². The Kier molecular flexibility index (Phi) is 2.20. The third kappa shape index (κ3) is 1.38. The predicted octanol–water partition coefficient (Wildman–Crippen LogP) is -0.364. The molecule has 8 heteroatoms. The minimum absolute atomic E-state index is 0.238. The molecule has 90 valence electrons. The van der Waals surface area contributed by atoms with Crippen LogP contribution in [0.2, 0.25) is 0 Å². The summed E-state index contributed by atoms with van der Waals surface area (Å²) < 4.78 is 20.3. The van der Waals surface area contributed by atoms with Gasteiger partial charge in [0.05, 0.1) is 12.9 Å². The number of aliphatic hydroxyl groups excluding tert-OH is 1. The lowest BCUT2D eigenvalue weighted by Gasteiger charge is -2.39. The van der Waals surface area contributed by atoms with E-state index in [1.165, 1.54) is 17.2 Å². The van der Waals surface area contributed by atoms with E-state index >= 15 is 0 Å². The first-order valence-electron chi connectivity index (χ1n) is 5.05. The first-order valence-corrected chi connectivity index (χ1v) is 5.05. The van der Waals surface area contributed by atoms with Crippen molar-refractivity contribution in [2.75, 3.05) is 12.3 Å². The molecule has 3 N–H and O–H groups in total. The summed E-state index contributed by atoms with van der Waals surface area (Å²) in [7, 11) is 0. The van der Waals surface area contributed by atoms with Crippen LogP contribution in [0, 0.1) is 0 Å². The molecule has 0 radical (unpaired) electrons. The molecule has 0 aliphatic carbocycles. The van der Waals surface area contributed by atoms with E-state index in [2.05, 4.69) is 15.0 Å². The standard InChI is InChI=1S/C9H10FN5O2/c10-5-4(1-16)17-9(5)15-3-14-6-7(11)12-2-13-8(6)15/h2-5,9,16H,1H2,(H2,11,12,13). The molecule has 3 unspecified atom stereocenters. The molecule has 3 rings (SSSR count). The summed E-state index contributed by atoms with van der Waals surface area (Å²) in [5.41, 5.74) is 6.45. The van der Waals surface area contributed by atoms with Gasteiger partial charge < -0.3 is 15.6 Å². The van der Waals surface area contributed by atoms with Crippen molar-refractivity contribution in [2.24, 2.45) is 0 Å². The molecule has 0 aromatic carbocycles. The molecule has 1 aliphatic heterocycles. The summed E-state index contributed by atoms with van der Waals surface area (Å²) in [4.78, 5) is 11.8. The average Bonchev–Trinajstić information content (AvgIpc) is 2.73. The highest BCUT2D eigenvalue weighted by atomic mass is 19.1. The SMILES string of the molecule is Nc1ncnc2c1ncn2C1OC(CO)C1F. The van der Waals surface area contributed by atoms with Crippen LogP contribution in [0.3, 0.4) is 0 Å². The van der Waals surface area contributed by atoms with Crippen molar-refractivity contribution in [3.05, 3.63) is 12.7 Å². The summed E-state index contributed by atoms with van der Waals surface area (Å²) in [6, 6.07) is 0. The maximum Gasteiger partial charge on any atom is 0.173 e. The van der Waals surface area contributed by atoms with Gasteiger partial charge in [0.1, 0.15) is 17.9 Å². The number of nitrogen functional groups attached to an aromatic ring is 1. The van der Waals surface area contributed by atoms with Gasteiger partial charge in [-0.2, -0.15) is 0 Å². The number of halogens is 1. The summed E-state index contributed by atoms with van der Waals surface area (Å²) in [5, 5.41) is 8.79. The molecule has 3 atom stereocenters. The number of nitrogens with zero attached hydrogens (tertiary/aromatic N) is 4. The Morgan fingerprint density at radius 3 is 3.00 bits per heavy atom. The van der Waals surface area contributed by atoms with Crippen LogP contribution in [-0.2, 0) is 4.74 Å². The molecule has 0 amide bonds. The molecule has 1 saturated heterocycles. The number of hydrogen-bond donors (Lipinski definition) is 2. The maximum absolute atomic E-state index is 13.6. The lowest BCUT2D eigenvalue weighted by Crippen LogP contribution is -2.49. The topological polar surface area (TPSA) is 99.1 Å². The van der Waals surface area contributed by atoms with Crippen LogP contribution >= 0.6 is 0 Å². The summed E-state index contributed by atoms with van der Waals surface area (Å²) in [6.07, 6.45) is -0.192. The van der Waals surface area contributed by atoms with Crippen LogP contribution < -0.4 is 5.73 Å². The number of aliphatic hydroxyl groups is 1. The Morgan fingerprint density at radius 2 is 2.29 bits per heavy atom. The van der Waals surface area contributed by atoms with E-state index in [9.17, 15) is 4.39 Å². The Morgan fingerprint density at radius 1 is 1.47 bits per heavy atom. The maximum atomic E-state index is 13.6. The lowest BCUT2D eigenvalue weighted by atomic mass is 10.1. The Hall–Kier alpha value is -1.80. The molecule has 0 saturated carbocycles. The van der Waals surface area contributed by atoms with Crippen LogP contribution in [0.4, 0.5) is 10.2 Å². The van der Waals surface area contributed by atoms with Crippen molar-refractivity contribution in [2.45, 2.75) is 18.5 Å². The van der Waals surface area contributed by atoms with Crippen molar-refractivity contribution in [3.63, 3.8) is 0 Å². The zero-order valence-electron chi connectivity index (χ0n) is 8.69. The van der Waals surface area contributed by atoms with Gasteiger partial charge in [0.15, 0.2) is 23.9 Å². The minimum Gasteiger partial charge on any atom is -0.394 e. The van der Waals surface area contributed by atoms with Crippen LogP contribution in [0.5, 0.6) is 0 Å². The largest absolute Gasteiger partial charge is 0.394 e. The van der Waals surface area contributed by atoms with Gasteiger partial charge in [0.2, 0.25) is 0 Å². The van der Waals surface area contributed by atoms with Crippen molar-refractivity contribution < 1.29 is 14.2 Å². The molecule has 2 aromatic rings. The Balaban J connectivity index is 2.00. The van der Waals surface area contributed by atoms with Gasteiger partial charge in [0.25, 0.3) is 0 Å². The van der Waals surface area contributed by atoms with Crippen molar-refractivity contribution in [1.82, 2.24) is 19.5 Å². The van der Waals surface area contributed by atoms with E-state index in [0.29, 0.717) is 11.2 Å². The van der Waals surface area contributed by atoms with Crippen LogP contribution in [0.25, 0.3) is 11.2 Å². The number of imidazole rings is 1. The number of rotatable bonds is 2. The summed E-state index contributed by atoms with van der Waals surface area (Å²) in [5.74, 6) is 0.238. The lowest BCUT2D eigenvalue weighted by molar-refractivity contribution is -0.237. The van der Waals surface area contributed by atoms with Gasteiger partial charge in [-0.1, -0.05) is 0 Å². The number of aromatic nitrogens is 4. The normalized spacial score (nSPS) is 28.2. The molecule has 3 heterocycles. The highest BCUT2D eigenvalue weighted by Gasteiger charge is 2.44. The fraction of sp³-hybridized carbons (Fsp3) is 0.444. The monoisotopic (exact) mass is 239 g/mol.